The fourth-order valence-corrected chi connectivity index (χ4v) is 5.24. The van der Waals surface area contributed by atoms with Gasteiger partial charge in [-0.1, -0.05) is 19.9 Å². The minimum atomic E-state index is -0.968. The quantitative estimate of drug-likeness (QED) is 0.542. The van der Waals surface area contributed by atoms with Crippen molar-refractivity contribution in [3.05, 3.63) is 57.9 Å². The van der Waals surface area contributed by atoms with Gasteiger partial charge in [-0.25, -0.2) is 14.2 Å². The van der Waals surface area contributed by atoms with Gasteiger partial charge in [0.05, 0.1) is 35.8 Å². The average molecular weight is 492 g/mol. The molecule has 1 saturated heterocycles. The number of fused-ring (bicyclic) bond motifs is 1. The first-order valence-corrected chi connectivity index (χ1v) is 12.7. The number of aryl methyl sites for hydroxylation is 1. The maximum atomic E-state index is 12.9. The lowest BCUT2D eigenvalue weighted by molar-refractivity contribution is 0.0734. The number of hydrogen-bond acceptors (Lipinski definition) is 7. The Morgan fingerprint density at radius 3 is 2.53 bits per heavy atom. The van der Waals surface area contributed by atoms with Crippen LogP contribution in [0.1, 0.15) is 70.5 Å². The zero-order valence-corrected chi connectivity index (χ0v) is 22.1. The number of imidazole rings is 1. The van der Waals surface area contributed by atoms with Crippen molar-refractivity contribution in [3.8, 4) is 6.07 Å². The number of aliphatic hydroxyl groups is 1. The molecule has 3 aromatic rings. The number of piperazine rings is 1. The molecule has 0 aromatic carbocycles. The van der Waals surface area contributed by atoms with Crippen LogP contribution in [0.3, 0.4) is 0 Å². The van der Waals surface area contributed by atoms with E-state index in [0.717, 1.165) is 37.2 Å². The monoisotopic (exact) mass is 491 g/mol. The maximum Gasteiger partial charge on any atom is 0.267 e. The van der Waals surface area contributed by atoms with Crippen molar-refractivity contribution in [2.24, 2.45) is 7.05 Å². The Bertz CT molecular complexity index is 1310. The van der Waals surface area contributed by atoms with E-state index < -0.39 is 5.60 Å². The van der Waals surface area contributed by atoms with E-state index in [1.165, 1.54) is 4.68 Å². The summed E-state index contributed by atoms with van der Waals surface area (Å²) >= 11 is 0. The Hall–Kier alpha value is -3.22. The summed E-state index contributed by atoms with van der Waals surface area (Å²) in [5.41, 5.74) is 2.91. The van der Waals surface area contributed by atoms with Crippen LogP contribution in [0.4, 0.5) is 5.69 Å². The lowest BCUT2D eigenvalue weighted by Crippen LogP contribution is -2.59. The molecule has 0 saturated carbocycles. The van der Waals surface area contributed by atoms with Crippen LogP contribution in [0.25, 0.3) is 5.65 Å². The molecule has 0 amide bonds. The van der Waals surface area contributed by atoms with Gasteiger partial charge >= 0.3 is 0 Å². The Morgan fingerprint density at radius 2 is 1.94 bits per heavy atom. The van der Waals surface area contributed by atoms with E-state index in [9.17, 15) is 9.90 Å². The molecule has 36 heavy (non-hydrogen) atoms. The third-order valence-electron chi connectivity index (χ3n) is 7.51. The van der Waals surface area contributed by atoms with Gasteiger partial charge in [-0.05, 0) is 45.2 Å². The van der Waals surface area contributed by atoms with E-state index >= 15 is 0 Å². The first-order chi connectivity index (χ1) is 17.1. The van der Waals surface area contributed by atoms with E-state index in [0.29, 0.717) is 17.0 Å². The Labute approximate surface area is 212 Å². The number of aromatic nitrogens is 4. The number of pyridine rings is 1. The molecule has 9 nitrogen and oxygen atoms in total. The van der Waals surface area contributed by atoms with Crippen molar-refractivity contribution in [1.29, 1.82) is 5.26 Å². The van der Waals surface area contributed by atoms with Gasteiger partial charge in [0.15, 0.2) is 5.65 Å². The normalized spacial score (nSPS) is 20.0. The molecule has 0 radical (unpaired) electrons. The number of anilines is 1. The van der Waals surface area contributed by atoms with E-state index in [2.05, 4.69) is 47.7 Å². The van der Waals surface area contributed by atoms with Gasteiger partial charge in [0, 0.05) is 50.5 Å². The summed E-state index contributed by atoms with van der Waals surface area (Å²) in [7, 11) is 1.72. The zero-order valence-electron chi connectivity index (χ0n) is 22.1. The maximum absolute atomic E-state index is 12.9. The highest BCUT2D eigenvalue weighted by atomic mass is 16.3. The predicted octanol–water partition coefficient (Wildman–Crippen LogP) is 3.16. The standard InChI is InChI=1S/C27H37N7O2/c1-7-21-17-33(23-13-25(35)31(6)34-15-20(11-12-28)30-26(23)34)22(8-2)16-32(21)18(3)19-9-10-24(29-14-19)27(4,5)36/h9-10,13-15,18,21-22,36H,7-8,11,16-17H2,1-6H3/t18?,21-,22+/m1/s1. The molecule has 3 aromatic heterocycles. The van der Waals surface area contributed by atoms with E-state index in [-0.39, 0.29) is 30.1 Å². The largest absolute Gasteiger partial charge is 0.384 e. The molecule has 1 fully saturated rings. The molecule has 4 rings (SSSR count). The second-order valence-corrected chi connectivity index (χ2v) is 10.3. The molecule has 1 N–H and O–H groups in total. The van der Waals surface area contributed by atoms with Crippen LogP contribution >= 0.6 is 0 Å². The van der Waals surface area contributed by atoms with Gasteiger partial charge in [0.25, 0.3) is 5.56 Å². The molecule has 1 unspecified atom stereocenters. The van der Waals surface area contributed by atoms with Crippen LogP contribution in [0.5, 0.6) is 0 Å². The molecule has 4 heterocycles. The number of rotatable bonds is 7. The lowest BCUT2D eigenvalue weighted by atomic mass is 9.96. The molecule has 0 aliphatic carbocycles. The van der Waals surface area contributed by atoms with Crippen LogP contribution in [0.2, 0.25) is 0 Å². The van der Waals surface area contributed by atoms with Crippen LogP contribution < -0.4 is 10.5 Å². The van der Waals surface area contributed by atoms with Gasteiger partial charge in [-0.2, -0.15) is 5.26 Å². The molecule has 1 aliphatic rings. The zero-order chi connectivity index (χ0) is 26.2. The molecule has 192 valence electrons. The third-order valence-corrected chi connectivity index (χ3v) is 7.51. The highest BCUT2D eigenvalue weighted by molar-refractivity contribution is 5.69. The molecule has 3 atom stereocenters. The summed E-state index contributed by atoms with van der Waals surface area (Å²) in [5, 5.41) is 19.4. The van der Waals surface area contributed by atoms with E-state index in [1.54, 1.807) is 37.7 Å². The summed E-state index contributed by atoms with van der Waals surface area (Å²) < 4.78 is 3.30. The molecular formula is C27H37N7O2. The lowest BCUT2D eigenvalue weighted by Gasteiger charge is -2.49. The summed E-state index contributed by atoms with van der Waals surface area (Å²) in [6.07, 6.45) is 5.74. The van der Waals surface area contributed by atoms with Crippen molar-refractivity contribution in [1.82, 2.24) is 24.1 Å². The second-order valence-electron chi connectivity index (χ2n) is 10.3. The fraction of sp³-hybridized carbons (Fsp3) is 0.556. The molecule has 0 bridgehead atoms. The minimum Gasteiger partial charge on any atom is -0.384 e. The first-order valence-electron chi connectivity index (χ1n) is 12.7. The molecule has 0 spiro atoms. The van der Waals surface area contributed by atoms with Gasteiger partial charge in [0.1, 0.15) is 5.60 Å². The SMILES string of the molecule is CC[C@H]1CN(C(C)c2ccc(C(C)(C)O)nc2)[C@H](CC)CN1c1cc(=O)n(C)n2cc(CC#N)nc12. The van der Waals surface area contributed by atoms with E-state index in [4.69, 9.17) is 10.2 Å². The van der Waals surface area contributed by atoms with E-state index in [1.807, 2.05) is 12.3 Å². The van der Waals surface area contributed by atoms with Gasteiger partial charge in [-0.15, -0.1) is 0 Å². The smallest absolute Gasteiger partial charge is 0.267 e. The Morgan fingerprint density at radius 1 is 1.22 bits per heavy atom. The predicted molar refractivity (Wildman–Crippen MR) is 140 cm³/mol. The van der Waals surface area contributed by atoms with Crippen molar-refractivity contribution >= 4 is 11.3 Å². The van der Waals surface area contributed by atoms with Crippen LogP contribution in [-0.2, 0) is 19.1 Å². The first kappa shape index (κ1) is 25.9. The van der Waals surface area contributed by atoms with Crippen LogP contribution in [0, 0.1) is 11.3 Å². The summed E-state index contributed by atoms with van der Waals surface area (Å²) in [6.45, 7) is 11.7. The van der Waals surface area contributed by atoms with Crippen LogP contribution in [0.15, 0.2) is 35.4 Å². The van der Waals surface area contributed by atoms with Crippen molar-refractivity contribution < 1.29 is 5.11 Å². The number of nitriles is 1. The van der Waals surface area contributed by atoms with Gasteiger partial charge in [-0.3, -0.25) is 14.7 Å². The summed E-state index contributed by atoms with van der Waals surface area (Å²) in [6, 6.07) is 8.45. The third kappa shape index (κ3) is 4.75. The Kier molecular flexibility index (Phi) is 7.21. The van der Waals surface area contributed by atoms with Crippen molar-refractivity contribution in [2.75, 3.05) is 18.0 Å². The molecular weight excluding hydrogens is 454 g/mol. The Balaban J connectivity index is 1.68. The van der Waals surface area contributed by atoms with Crippen LogP contribution in [-0.4, -0.2) is 54.3 Å². The molecule has 9 heteroatoms. The van der Waals surface area contributed by atoms with Crippen molar-refractivity contribution in [2.45, 2.75) is 77.6 Å². The summed E-state index contributed by atoms with van der Waals surface area (Å²) in [4.78, 5) is 27.0. The minimum absolute atomic E-state index is 0.102. The van der Waals surface area contributed by atoms with Crippen molar-refractivity contribution in [3.63, 3.8) is 0 Å². The number of hydrogen-bond donors (Lipinski definition) is 1. The number of nitrogens with zero attached hydrogens (tertiary/aromatic N) is 7. The van der Waals surface area contributed by atoms with Gasteiger partial charge < -0.3 is 10.0 Å². The molecule has 1 aliphatic heterocycles. The topological polar surface area (TPSA) is 103 Å². The average Bonchev–Trinajstić information content (AvgIpc) is 3.29. The second kappa shape index (κ2) is 10.0. The summed E-state index contributed by atoms with van der Waals surface area (Å²) in [5.74, 6) is 0. The van der Waals surface area contributed by atoms with Gasteiger partial charge in [0.2, 0.25) is 0 Å². The fourth-order valence-electron chi connectivity index (χ4n) is 5.24. The highest BCUT2D eigenvalue weighted by Gasteiger charge is 2.36. The highest BCUT2D eigenvalue weighted by Crippen LogP contribution is 2.33.